The Labute approximate surface area is 401 Å². The first-order chi connectivity index (χ1) is 31.7. The molecule has 4 atom stereocenters. The lowest BCUT2D eigenvalue weighted by atomic mass is 9.86. The van der Waals surface area contributed by atoms with Crippen molar-refractivity contribution in [1.29, 1.82) is 0 Å². The average Bonchev–Trinajstić information content (AvgIpc) is 4.01. The zero-order chi connectivity index (χ0) is 45.8. The number of carbonyl (C=O) groups is 2. The van der Waals surface area contributed by atoms with E-state index in [9.17, 15) is 9.59 Å². The van der Waals surface area contributed by atoms with E-state index in [0.717, 1.165) is 106 Å². The Bertz CT molecular complexity index is 2280. The third kappa shape index (κ3) is 9.33. The van der Waals surface area contributed by atoms with Crippen molar-refractivity contribution in [1.82, 2.24) is 9.80 Å². The molecular formula is C51H64N4O6S4. The zero-order valence-corrected chi connectivity index (χ0v) is 41.8. The van der Waals surface area contributed by atoms with Crippen LogP contribution in [-0.4, -0.2) is 106 Å². The number of hydrogen-bond donors (Lipinski definition) is 2. The quantitative estimate of drug-likeness (QED) is 0.0646. The molecule has 2 fully saturated rings. The summed E-state index contributed by atoms with van der Waals surface area (Å²) in [5.41, 5.74) is 19.4. The van der Waals surface area contributed by atoms with E-state index in [-0.39, 0.29) is 23.9 Å². The molecule has 0 bridgehead atoms. The third-order valence-corrected chi connectivity index (χ3v) is 18.5. The van der Waals surface area contributed by atoms with E-state index in [1.54, 1.807) is 14.2 Å². The van der Waals surface area contributed by atoms with Gasteiger partial charge in [-0.2, -0.15) is 0 Å². The molecule has 4 unspecified atom stereocenters. The summed E-state index contributed by atoms with van der Waals surface area (Å²) in [4.78, 5) is 33.6. The van der Waals surface area contributed by atoms with Crippen LogP contribution in [0.5, 0.6) is 11.5 Å². The fraction of sp³-hybridized carbons (Fsp3) is 0.490. The fourth-order valence-corrected chi connectivity index (χ4v) is 16.0. The highest BCUT2D eigenvalue weighted by Gasteiger charge is 2.40. The minimum atomic E-state index is -0.494. The first-order valence-corrected chi connectivity index (χ1v) is 27.4. The molecule has 65 heavy (non-hydrogen) atoms. The van der Waals surface area contributed by atoms with Crippen molar-refractivity contribution in [3.8, 4) is 11.5 Å². The van der Waals surface area contributed by atoms with Crippen molar-refractivity contribution in [3.05, 3.63) is 93.3 Å². The van der Waals surface area contributed by atoms with Crippen LogP contribution in [0, 0.1) is 0 Å². The van der Waals surface area contributed by atoms with Crippen LogP contribution in [0.3, 0.4) is 0 Å². The van der Waals surface area contributed by atoms with Crippen LogP contribution in [0.15, 0.2) is 59.9 Å². The third-order valence-electron chi connectivity index (χ3n) is 13.0. The van der Waals surface area contributed by atoms with E-state index in [1.165, 1.54) is 0 Å². The van der Waals surface area contributed by atoms with E-state index < -0.39 is 12.2 Å². The number of likely N-dealkylation sites (tertiary alicyclic amines) is 2. The Morgan fingerprint density at radius 1 is 0.646 bits per heavy atom. The molecule has 2 aliphatic carbocycles. The van der Waals surface area contributed by atoms with Crippen molar-refractivity contribution >= 4 is 92.6 Å². The van der Waals surface area contributed by atoms with Gasteiger partial charge in [-0.1, -0.05) is 64.1 Å². The normalized spacial score (nSPS) is 20.3. The highest BCUT2D eigenvalue weighted by atomic mass is 32.2. The fourth-order valence-electron chi connectivity index (χ4n) is 10.3. The molecule has 0 saturated carbocycles. The number of methoxy groups -OCH3 is 2. The summed E-state index contributed by atoms with van der Waals surface area (Å²) in [6.45, 7) is 11.0. The summed E-state index contributed by atoms with van der Waals surface area (Å²) < 4.78 is 25.7. The minimum absolute atomic E-state index is 0.00658. The van der Waals surface area contributed by atoms with Gasteiger partial charge >= 0.3 is 0 Å². The Morgan fingerprint density at radius 2 is 1.05 bits per heavy atom. The van der Waals surface area contributed by atoms with Crippen molar-refractivity contribution in [2.75, 3.05) is 63.5 Å². The average molecular weight is 957 g/mol. The second-order valence-corrected chi connectivity index (χ2v) is 23.0. The molecular weight excluding hydrogens is 893 g/mol. The highest BCUT2D eigenvalue weighted by Crippen LogP contribution is 2.46. The summed E-state index contributed by atoms with van der Waals surface area (Å²) in [5.74, 6) is 5.12. The molecule has 14 heteroatoms. The van der Waals surface area contributed by atoms with E-state index in [2.05, 4.69) is 49.6 Å². The van der Waals surface area contributed by atoms with Gasteiger partial charge in [0.15, 0.2) is 0 Å². The van der Waals surface area contributed by atoms with Crippen molar-refractivity contribution in [3.63, 3.8) is 0 Å². The number of thioether (sulfide) groups is 4. The van der Waals surface area contributed by atoms with Crippen LogP contribution < -0.4 is 20.9 Å². The smallest absolute Gasteiger partial charge is 0.258 e. The molecule has 2 amide bonds. The van der Waals surface area contributed by atoms with Gasteiger partial charge in [0, 0.05) is 35.6 Å². The molecule has 4 aromatic carbocycles. The monoisotopic (exact) mass is 956 g/mol. The number of benzene rings is 4. The van der Waals surface area contributed by atoms with Gasteiger partial charge < -0.3 is 40.2 Å². The van der Waals surface area contributed by atoms with Crippen LogP contribution in [0.25, 0.3) is 33.7 Å². The topological polar surface area (TPSA) is 130 Å². The molecule has 0 aromatic heterocycles. The number of amides is 2. The zero-order valence-electron chi connectivity index (χ0n) is 38.6. The van der Waals surface area contributed by atoms with Crippen LogP contribution in [0.2, 0.25) is 0 Å². The summed E-state index contributed by atoms with van der Waals surface area (Å²) >= 11 is 7.72. The van der Waals surface area contributed by atoms with Crippen molar-refractivity contribution < 1.29 is 28.5 Å². The number of ether oxygens (including phenoxy) is 4. The Morgan fingerprint density at radius 3 is 1.42 bits per heavy atom. The number of hydrogen-bond acceptors (Lipinski definition) is 12. The Hall–Kier alpha value is -3.66. The summed E-state index contributed by atoms with van der Waals surface area (Å²) in [6, 6.07) is 16.5. The van der Waals surface area contributed by atoms with E-state index in [0.29, 0.717) is 62.8 Å². The largest absolute Gasteiger partial charge is 0.496 e. The second kappa shape index (κ2) is 21.5. The molecule has 2 heterocycles. The predicted octanol–water partition coefficient (Wildman–Crippen LogP) is 10.7. The van der Waals surface area contributed by atoms with Crippen LogP contribution in [-0.2, 0) is 9.47 Å². The maximum absolute atomic E-state index is 14.7. The Balaban J connectivity index is 0.995. The summed E-state index contributed by atoms with van der Waals surface area (Å²) in [6.07, 6.45) is 7.39. The number of rotatable bonds is 20. The summed E-state index contributed by atoms with van der Waals surface area (Å²) in [7, 11) is 3.26. The lowest BCUT2D eigenvalue weighted by molar-refractivity contribution is 0.0317. The van der Waals surface area contributed by atoms with Gasteiger partial charge in [0.2, 0.25) is 0 Å². The standard InChI is InChI=1S/C51H64N4O6S4/c1-7-62-50(63-8-2)38-20-13-22-54(38)48(56)44-34-28-36(52)46(32-18-11-16-30(42(32)34)26-40(44)58-5)60-24-15-25-61-47-33-19-12-17-31-27-41(59-6)45(35(43(31)33)29-37(47)53)49(57)55-23-14-21-39(55)51(64-9-3)65-10-4/h11-12,16-19,26-29,38-39,46-47,50-51H,7-10,13-15,20-25,52-53H2,1-6H3. The number of nitrogens with two attached hydrogens (primary N) is 2. The first-order valence-electron chi connectivity index (χ1n) is 23.2. The van der Waals surface area contributed by atoms with Crippen molar-refractivity contribution in [2.24, 2.45) is 11.5 Å². The lowest BCUT2D eigenvalue weighted by Crippen LogP contribution is -2.41. The van der Waals surface area contributed by atoms with Gasteiger partial charge in [-0.25, -0.2) is 0 Å². The molecule has 2 saturated heterocycles. The van der Waals surface area contributed by atoms with Gasteiger partial charge in [-0.05, 0) is 112 Å². The number of carbonyl (C=O) groups excluding carboxylic acids is 2. The molecule has 4 N–H and O–H groups in total. The minimum Gasteiger partial charge on any atom is -0.496 e. The van der Waals surface area contributed by atoms with E-state index >= 15 is 0 Å². The van der Waals surface area contributed by atoms with E-state index in [1.807, 2.05) is 95.6 Å². The van der Waals surface area contributed by atoms with Gasteiger partial charge in [0.25, 0.3) is 11.8 Å². The van der Waals surface area contributed by atoms with E-state index in [4.69, 9.17) is 30.4 Å². The maximum Gasteiger partial charge on any atom is 0.258 e. The van der Waals surface area contributed by atoms with Crippen LogP contribution >= 0.6 is 47.0 Å². The van der Waals surface area contributed by atoms with Crippen LogP contribution in [0.4, 0.5) is 0 Å². The van der Waals surface area contributed by atoms with Gasteiger partial charge in [0.05, 0.1) is 59.8 Å². The molecule has 2 aliphatic heterocycles. The number of nitrogens with zero attached hydrogens (tertiary/aromatic N) is 2. The predicted molar refractivity (Wildman–Crippen MR) is 276 cm³/mol. The summed E-state index contributed by atoms with van der Waals surface area (Å²) in [5, 5.41) is 3.87. The second-order valence-electron chi connectivity index (χ2n) is 16.7. The molecule has 4 aromatic rings. The van der Waals surface area contributed by atoms with Gasteiger partial charge in [0.1, 0.15) is 23.7 Å². The molecule has 348 valence electrons. The van der Waals surface area contributed by atoms with Crippen molar-refractivity contribution in [2.45, 2.75) is 93.3 Å². The van der Waals surface area contributed by atoms with Gasteiger partial charge in [-0.3, -0.25) is 9.59 Å². The molecule has 0 spiro atoms. The van der Waals surface area contributed by atoms with Gasteiger partial charge in [-0.15, -0.1) is 47.0 Å². The molecule has 10 nitrogen and oxygen atoms in total. The molecule has 0 radical (unpaired) electrons. The lowest BCUT2D eigenvalue weighted by Gasteiger charge is -2.33. The first kappa shape index (κ1) is 47.8. The molecule has 4 aliphatic rings. The Kier molecular flexibility index (Phi) is 15.8. The maximum atomic E-state index is 14.7. The SMILES string of the molecule is CCSC(SCC)C1CCCN1C(=O)c1c(OC)cc2cccc3c2c1C=C(N)C3OCCCOC1C(N)=Cc2c(C(=O)N3CCCC3C(SCC)SCC)c(OC)cc3cccc1c23. The van der Waals surface area contributed by atoms with Crippen LogP contribution in [0.1, 0.15) is 115 Å². The highest BCUT2D eigenvalue weighted by molar-refractivity contribution is 8.17. The molecule has 8 rings (SSSR count).